The van der Waals surface area contributed by atoms with Crippen molar-refractivity contribution in [3.63, 3.8) is 0 Å². The number of anilines is 2. The predicted octanol–water partition coefficient (Wildman–Crippen LogP) is 3.41. The summed E-state index contributed by atoms with van der Waals surface area (Å²) in [6.07, 6.45) is -0.0985. The SMILES string of the molecule is COc1ccc(-c2c(C)nn3c2NC(=O)C3CC(=O)Nc2cc(OC)c(OC)c(OC)c2)cc1. The number of aromatic nitrogens is 2. The number of hydrogen-bond donors (Lipinski definition) is 2. The van der Waals surface area contributed by atoms with Crippen molar-refractivity contribution in [2.24, 2.45) is 0 Å². The number of aryl methyl sites for hydroxylation is 1. The van der Waals surface area contributed by atoms with Crippen LogP contribution in [0.15, 0.2) is 36.4 Å². The van der Waals surface area contributed by atoms with E-state index in [1.165, 1.54) is 21.3 Å². The van der Waals surface area contributed by atoms with E-state index in [-0.39, 0.29) is 18.2 Å². The summed E-state index contributed by atoms with van der Waals surface area (Å²) in [7, 11) is 6.09. The maximum atomic E-state index is 12.9. The molecular formula is C24H26N4O6. The summed E-state index contributed by atoms with van der Waals surface area (Å²) in [6.45, 7) is 1.87. The zero-order chi connectivity index (χ0) is 24.4. The quantitative estimate of drug-likeness (QED) is 0.523. The number of carbonyl (C=O) groups excluding carboxylic acids is 2. The van der Waals surface area contributed by atoms with Crippen LogP contribution in [-0.4, -0.2) is 50.0 Å². The van der Waals surface area contributed by atoms with Crippen LogP contribution in [0.25, 0.3) is 11.1 Å². The van der Waals surface area contributed by atoms with Gasteiger partial charge in [-0.15, -0.1) is 0 Å². The fourth-order valence-corrected chi connectivity index (χ4v) is 4.03. The highest BCUT2D eigenvalue weighted by molar-refractivity contribution is 6.04. The zero-order valence-corrected chi connectivity index (χ0v) is 19.6. The van der Waals surface area contributed by atoms with Gasteiger partial charge in [-0.25, -0.2) is 4.68 Å². The number of ether oxygens (including phenoxy) is 4. The molecule has 0 spiro atoms. The van der Waals surface area contributed by atoms with Crippen molar-refractivity contribution < 1.29 is 28.5 Å². The van der Waals surface area contributed by atoms with Gasteiger partial charge in [0.25, 0.3) is 5.91 Å². The van der Waals surface area contributed by atoms with Crippen molar-refractivity contribution in [2.45, 2.75) is 19.4 Å². The second kappa shape index (κ2) is 9.34. The molecule has 1 aliphatic rings. The fourth-order valence-electron chi connectivity index (χ4n) is 4.03. The first kappa shape index (κ1) is 23.0. The van der Waals surface area contributed by atoms with Crippen LogP contribution in [0.3, 0.4) is 0 Å². The van der Waals surface area contributed by atoms with E-state index in [1.54, 1.807) is 23.9 Å². The lowest BCUT2D eigenvalue weighted by molar-refractivity contribution is -0.123. The summed E-state index contributed by atoms with van der Waals surface area (Å²) in [5.41, 5.74) is 2.90. The van der Waals surface area contributed by atoms with Gasteiger partial charge in [-0.3, -0.25) is 9.59 Å². The van der Waals surface area contributed by atoms with Gasteiger partial charge in [0.15, 0.2) is 11.5 Å². The summed E-state index contributed by atoms with van der Waals surface area (Å²) in [5.74, 6) is 1.88. The third-order valence-electron chi connectivity index (χ3n) is 5.63. The van der Waals surface area contributed by atoms with Crippen LogP contribution in [0.2, 0.25) is 0 Å². The van der Waals surface area contributed by atoms with Gasteiger partial charge < -0.3 is 29.6 Å². The van der Waals surface area contributed by atoms with E-state index in [0.717, 1.165) is 22.6 Å². The highest BCUT2D eigenvalue weighted by Gasteiger charge is 2.36. The number of nitrogens with zero attached hydrogens (tertiary/aromatic N) is 2. The Bertz CT molecular complexity index is 1210. The maximum absolute atomic E-state index is 12.9. The Balaban J connectivity index is 1.56. The predicted molar refractivity (Wildman–Crippen MR) is 126 cm³/mol. The summed E-state index contributed by atoms with van der Waals surface area (Å²) >= 11 is 0. The molecule has 2 amide bonds. The van der Waals surface area contributed by atoms with Crippen molar-refractivity contribution in [1.29, 1.82) is 0 Å². The molecule has 1 aliphatic heterocycles. The van der Waals surface area contributed by atoms with Gasteiger partial charge in [-0.05, 0) is 24.6 Å². The molecule has 0 saturated heterocycles. The number of methoxy groups -OCH3 is 4. The number of hydrogen-bond acceptors (Lipinski definition) is 7. The summed E-state index contributed by atoms with van der Waals surface area (Å²) in [6, 6.07) is 9.97. The molecule has 1 atom stereocenters. The Morgan fingerprint density at radius 1 is 1.03 bits per heavy atom. The molecule has 2 N–H and O–H groups in total. The van der Waals surface area contributed by atoms with E-state index in [1.807, 2.05) is 31.2 Å². The maximum Gasteiger partial charge on any atom is 0.251 e. The molecule has 0 aliphatic carbocycles. The normalized spacial score (nSPS) is 14.3. The summed E-state index contributed by atoms with van der Waals surface area (Å²) in [4.78, 5) is 25.6. The molecule has 2 heterocycles. The van der Waals surface area contributed by atoms with E-state index in [0.29, 0.717) is 28.8 Å². The Hall–Kier alpha value is -4.21. The van der Waals surface area contributed by atoms with E-state index in [4.69, 9.17) is 18.9 Å². The van der Waals surface area contributed by atoms with Gasteiger partial charge in [0.1, 0.15) is 17.6 Å². The first-order chi connectivity index (χ1) is 16.4. The van der Waals surface area contributed by atoms with Crippen LogP contribution in [-0.2, 0) is 9.59 Å². The van der Waals surface area contributed by atoms with Crippen molar-refractivity contribution in [3.8, 4) is 34.1 Å². The molecule has 1 aromatic heterocycles. The number of benzene rings is 2. The molecule has 3 aromatic rings. The number of nitrogens with one attached hydrogen (secondary N) is 2. The fraction of sp³-hybridized carbons (Fsp3) is 0.292. The first-order valence-corrected chi connectivity index (χ1v) is 10.5. The van der Waals surface area contributed by atoms with Crippen LogP contribution in [0.5, 0.6) is 23.0 Å². The lowest BCUT2D eigenvalue weighted by Gasteiger charge is -2.15. The molecule has 10 heteroatoms. The Morgan fingerprint density at radius 2 is 1.68 bits per heavy atom. The van der Waals surface area contributed by atoms with E-state index in [2.05, 4.69) is 15.7 Å². The van der Waals surface area contributed by atoms with Gasteiger partial charge in [0.2, 0.25) is 11.7 Å². The average molecular weight is 466 g/mol. The van der Waals surface area contributed by atoms with Crippen LogP contribution >= 0.6 is 0 Å². The van der Waals surface area contributed by atoms with Crippen molar-refractivity contribution in [3.05, 3.63) is 42.1 Å². The smallest absolute Gasteiger partial charge is 0.251 e. The first-order valence-electron chi connectivity index (χ1n) is 10.5. The topological polar surface area (TPSA) is 113 Å². The molecule has 0 fully saturated rings. The largest absolute Gasteiger partial charge is 0.497 e. The second-order valence-corrected chi connectivity index (χ2v) is 7.65. The van der Waals surface area contributed by atoms with Crippen LogP contribution in [0, 0.1) is 6.92 Å². The molecule has 4 rings (SSSR count). The monoisotopic (exact) mass is 466 g/mol. The van der Waals surface area contributed by atoms with Gasteiger partial charge in [0, 0.05) is 23.4 Å². The third-order valence-corrected chi connectivity index (χ3v) is 5.63. The van der Waals surface area contributed by atoms with Crippen molar-refractivity contribution in [2.75, 3.05) is 39.1 Å². The van der Waals surface area contributed by atoms with Gasteiger partial charge in [-0.2, -0.15) is 5.10 Å². The molecule has 34 heavy (non-hydrogen) atoms. The molecular weight excluding hydrogens is 440 g/mol. The molecule has 1 unspecified atom stereocenters. The number of fused-ring (bicyclic) bond motifs is 1. The van der Waals surface area contributed by atoms with Crippen LogP contribution in [0.4, 0.5) is 11.5 Å². The second-order valence-electron chi connectivity index (χ2n) is 7.65. The third kappa shape index (κ3) is 4.09. The summed E-state index contributed by atoms with van der Waals surface area (Å²) < 4.78 is 22.8. The van der Waals surface area contributed by atoms with E-state index in [9.17, 15) is 9.59 Å². The minimum atomic E-state index is -0.775. The van der Waals surface area contributed by atoms with Gasteiger partial charge in [-0.1, -0.05) is 12.1 Å². The number of amides is 2. The Labute approximate surface area is 196 Å². The van der Waals surface area contributed by atoms with E-state index >= 15 is 0 Å². The molecule has 10 nitrogen and oxygen atoms in total. The summed E-state index contributed by atoms with van der Waals surface area (Å²) in [5, 5.41) is 10.2. The van der Waals surface area contributed by atoms with E-state index < -0.39 is 6.04 Å². The van der Waals surface area contributed by atoms with Crippen molar-refractivity contribution >= 4 is 23.3 Å². The molecule has 0 radical (unpaired) electrons. The Morgan fingerprint density at radius 3 is 2.24 bits per heavy atom. The lowest BCUT2D eigenvalue weighted by atomic mass is 10.1. The zero-order valence-electron chi connectivity index (χ0n) is 19.6. The average Bonchev–Trinajstić information content (AvgIpc) is 3.31. The highest BCUT2D eigenvalue weighted by atomic mass is 16.5. The highest BCUT2D eigenvalue weighted by Crippen LogP contribution is 2.41. The lowest BCUT2D eigenvalue weighted by Crippen LogP contribution is -2.23. The molecule has 0 saturated carbocycles. The van der Waals surface area contributed by atoms with Crippen molar-refractivity contribution in [1.82, 2.24) is 9.78 Å². The number of carbonyl (C=O) groups is 2. The minimum absolute atomic E-state index is 0.0985. The standard InChI is InChI=1S/C24H26N4O6/c1-13-21(14-6-8-16(31-2)9-7-14)23-26-24(30)17(28(23)27-13)12-20(29)25-15-10-18(32-3)22(34-5)19(11-15)33-4/h6-11,17H,12H2,1-5H3,(H,25,29)(H,26,30). The Kier molecular flexibility index (Phi) is 6.31. The molecule has 0 bridgehead atoms. The molecule has 2 aromatic carbocycles. The minimum Gasteiger partial charge on any atom is -0.497 e. The van der Waals surface area contributed by atoms with Crippen LogP contribution < -0.4 is 29.6 Å². The number of rotatable bonds is 8. The molecule has 178 valence electrons. The van der Waals surface area contributed by atoms with Gasteiger partial charge in [0.05, 0.1) is 40.6 Å². The van der Waals surface area contributed by atoms with Crippen LogP contribution in [0.1, 0.15) is 18.2 Å². The van der Waals surface area contributed by atoms with Gasteiger partial charge >= 0.3 is 0 Å².